The zero-order valence-electron chi connectivity index (χ0n) is 18.9. The third kappa shape index (κ3) is 6.98. The molecule has 2 heterocycles. The maximum absolute atomic E-state index is 12.6. The minimum Gasteiger partial charge on any atom is -0.325 e. The van der Waals surface area contributed by atoms with Crippen molar-refractivity contribution in [3.8, 4) is 0 Å². The highest BCUT2D eigenvalue weighted by molar-refractivity contribution is 7.92. The van der Waals surface area contributed by atoms with E-state index in [0.717, 1.165) is 30.9 Å². The van der Waals surface area contributed by atoms with E-state index in [1.54, 1.807) is 6.08 Å². The van der Waals surface area contributed by atoms with Crippen molar-refractivity contribution in [2.24, 2.45) is 0 Å². The predicted octanol–water partition coefficient (Wildman–Crippen LogP) is 2.84. The third-order valence-corrected chi connectivity index (χ3v) is 7.70. The van der Waals surface area contributed by atoms with Crippen LogP contribution in [-0.4, -0.2) is 74.2 Å². The fraction of sp³-hybridized carbons (Fsp3) is 0.400. The first-order valence-corrected chi connectivity index (χ1v) is 13.0. The number of carbonyl (C=O) groups is 1. The Bertz CT molecular complexity index is 1040. The Kier molecular flexibility index (Phi) is 7.93. The van der Waals surface area contributed by atoms with Gasteiger partial charge in [-0.1, -0.05) is 42.5 Å². The average Bonchev–Trinajstić information content (AvgIpc) is 3.33. The maximum Gasteiger partial charge on any atom is 0.238 e. The van der Waals surface area contributed by atoms with Crippen molar-refractivity contribution in [3.63, 3.8) is 0 Å². The number of sulfonamides is 1. The first-order chi connectivity index (χ1) is 16.0. The lowest BCUT2D eigenvalue weighted by atomic mass is 10.2. The van der Waals surface area contributed by atoms with Gasteiger partial charge in [-0.3, -0.25) is 14.6 Å². The molecule has 0 unspecified atom stereocenters. The zero-order chi connectivity index (χ0) is 23.1. The highest BCUT2D eigenvalue weighted by Crippen LogP contribution is 2.16. The molecule has 7 nitrogen and oxygen atoms in total. The summed E-state index contributed by atoms with van der Waals surface area (Å²) in [5.41, 5.74) is 2.89. The lowest BCUT2D eigenvalue weighted by Gasteiger charge is -2.32. The van der Waals surface area contributed by atoms with Crippen LogP contribution in [0.5, 0.6) is 0 Å². The van der Waals surface area contributed by atoms with Gasteiger partial charge in [0.2, 0.25) is 15.9 Å². The molecule has 33 heavy (non-hydrogen) atoms. The Morgan fingerprint density at radius 2 is 1.52 bits per heavy atom. The number of piperazine rings is 1. The van der Waals surface area contributed by atoms with Crippen LogP contribution in [0.4, 0.5) is 5.69 Å². The van der Waals surface area contributed by atoms with E-state index < -0.39 is 10.0 Å². The number of likely N-dealkylation sites (tertiary alicyclic amines) is 1. The Morgan fingerprint density at radius 1 is 0.848 bits per heavy atom. The van der Waals surface area contributed by atoms with Gasteiger partial charge in [-0.05, 0) is 55.3 Å². The van der Waals surface area contributed by atoms with Crippen LogP contribution < -0.4 is 5.32 Å². The van der Waals surface area contributed by atoms with Gasteiger partial charge in [0, 0.05) is 43.8 Å². The molecule has 0 spiro atoms. The van der Waals surface area contributed by atoms with Gasteiger partial charge in [0.15, 0.2) is 0 Å². The van der Waals surface area contributed by atoms with Crippen LogP contribution in [0.1, 0.15) is 24.0 Å². The second kappa shape index (κ2) is 11.1. The van der Waals surface area contributed by atoms with E-state index in [4.69, 9.17) is 0 Å². The van der Waals surface area contributed by atoms with Crippen molar-refractivity contribution in [3.05, 3.63) is 71.1 Å². The summed E-state index contributed by atoms with van der Waals surface area (Å²) in [6, 6.07) is 17.4. The molecule has 0 saturated carbocycles. The monoisotopic (exact) mass is 468 g/mol. The lowest BCUT2D eigenvalue weighted by molar-refractivity contribution is -0.117. The summed E-state index contributed by atoms with van der Waals surface area (Å²) in [5, 5.41) is 4.21. The summed E-state index contributed by atoms with van der Waals surface area (Å²) in [6.45, 7) is 5.35. The first-order valence-electron chi connectivity index (χ1n) is 11.5. The van der Waals surface area contributed by atoms with E-state index in [-0.39, 0.29) is 12.5 Å². The van der Waals surface area contributed by atoms with Crippen molar-refractivity contribution < 1.29 is 13.2 Å². The second-order valence-electron chi connectivity index (χ2n) is 8.66. The third-order valence-electron chi connectivity index (χ3n) is 6.13. The number of hydrogen-bond acceptors (Lipinski definition) is 5. The van der Waals surface area contributed by atoms with Crippen molar-refractivity contribution >= 4 is 27.7 Å². The van der Waals surface area contributed by atoms with E-state index in [9.17, 15) is 13.2 Å². The van der Waals surface area contributed by atoms with Crippen molar-refractivity contribution in [1.82, 2.24) is 14.1 Å². The topological polar surface area (TPSA) is 73.0 Å². The van der Waals surface area contributed by atoms with Gasteiger partial charge in [-0.15, -0.1) is 0 Å². The molecule has 0 aromatic heterocycles. The number of rotatable bonds is 8. The molecule has 8 heteroatoms. The summed E-state index contributed by atoms with van der Waals surface area (Å²) in [7, 11) is -3.47. The largest absolute Gasteiger partial charge is 0.325 e. The smallest absolute Gasteiger partial charge is 0.238 e. The molecule has 2 saturated heterocycles. The molecule has 2 aliphatic rings. The molecular weight excluding hydrogens is 436 g/mol. The Balaban J connectivity index is 1.21. The summed E-state index contributed by atoms with van der Waals surface area (Å²) in [6.07, 6.45) is 4.17. The molecule has 4 rings (SSSR count). The van der Waals surface area contributed by atoms with Crippen molar-refractivity contribution in [2.45, 2.75) is 19.4 Å². The van der Waals surface area contributed by atoms with Crippen LogP contribution in [0.15, 0.2) is 60.0 Å². The highest BCUT2D eigenvalue weighted by atomic mass is 32.2. The Morgan fingerprint density at radius 3 is 2.18 bits per heavy atom. The van der Waals surface area contributed by atoms with E-state index in [1.165, 1.54) is 28.1 Å². The Labute approximate surface area is 196 Å². The molecule has 2 aromatic carbocycles. The molecule has 2 aromatic rings. The predicted molar refractivity (Wildman–Crippen MR) is 132 cm³/mol. The van der Waals surface area contributed by atoms with E-state index >= 15 is 0 Å². The van der Waals surface area contributed by atoms with Crippen LogP contribution in [0.25, 0.3) is 6.08 Å². The number of anilines is 1. The van der Waals surface area contributed by atoms with Gasteiger partial charge in [0.05, 0.1) is 6.54 Å². The standard InChI is InChI=1S/C25H32N4O3S/c30-25(26-24-10-8-23(9-11-24)20-27-13-4-5-14-27)21-28-15-17-29(18-16-28)33(31,32)19-12-22-6-2-1-3-7-22/h1-3,6-12,19H,4-5,13-18,20-21H2,(H,26,30)/b19-12+. The number of amides is 1. The second-order valence-corrected chi connectivity index (χ2v) is 10.5. The van der Waals surface area contributed by atoms with E-state index in [2.05, 4.69) is 22.3 Å². The van der Waals surface area contributed by atoms with Crippen LogP contribution in [-0.2, 0) is 21.4 Å². The van der Waals surface area contributed by atoms with E-state index in [0.29, 0.717) is 26.2 Å². The highest BCUT2D eigenvalue weighted by Gasteiger charge is 2.26. The quantitative estimate of drug-likeness (QED) is 0.645. The van der Waals surface area contributed by atoms with Crippen LogP contribution >= 0.6 is 0 Å². The van der Waals surface area contributed by atoms with Crippen LogP contribution in [0.2, 0.25) is 0 Å². The van der Waals surface area contributed by atoms with Gasteiger partial charge in [-0.2, -0.15) is 4.31 Å². The maximum atomic E-state index is 12.6. The van der Waals surface area contributed by atoms with Gasteiger partial charge in [0.1, 0.15) is 0 Å². The average molecular weight is 469 g/mol. The van der Waals surface area contributed by atoms with Crippen molar-refractivity contribution in [2.75, 3.05) is 51.1 Å². The van der Waals surface area contributed by atoms with Gasteiger partial charge in [0.25, 0.3) is 0 Å². The van der Waals surface area contributed by atoms with Gasteiger partial charge < -0.3 is 5.32 Å². The summed E-state index contributed by atoms with van der Waals surface area (Å²) < 4.78 is 26.7. The molecule has 2 fully saturated rings. The number of nitrogens with one attached hydrogen (secondary N) is 1. The fourth-order valence-electron chi connectivity index (χ4n) is 4.25. The van der Waals surface area contributed by atoms with E-state index in [1.807, 2.05) is 47.4 Å². The molecule has 1 N–H and O–H groups in total. The minimum absolute atomic E-state index is 0.0810. The van der Waals surface area contributed by atoms with Gasteiger partial charge >= 0.3 is 0 Å². The Hall–Kier alpha value is -2.52. The molecule has 0 atom stereocenters. The molecule has 176 valence electrons. The molecule has 0 aliphatic carbocycles. The first kappa shape index (κ1) is 23.6. The SMILES string of the molecule is O=C(CN1CCN(S(=O)(=O)/C=C/c2ccccc2)CC1)Nc1ccc(CN2CCCC2)cc1. The number of nitrogens with zero attached hydrogens (tertiary/aromatic N) is 3. The molecular formula is C25H32N4O3S. The molecule has 0 bridgehead atoms. The minimum atomic E-state index is -3.47. The summed E-state index contributed by atoms with van der Waals surface area (Å²) >= 11 is 0. The lowest BCUT2D eigenvalue weighted by Crippen LogP contribution is -2.49. The van der Waals surface area contributed by atoms with Crippen LogP contribution in [0, 0.1) is 0 Å². The summed E-state index contributed by atoms with van der Waals surface area (Å²) in [4.78, 5) is 16.9. The summed E-state index contributed by atoms with van der Waals surface area (Å²) in [5.74, 6) is -0.0810. The molecule has 1 amide bonds. The van der Waals surface area contributed by atoms with Crippen LogP contribution in [0.3, 0.4) is 0 Å². The molecule has 0 radical (unpaired) electrons. The number of hydrogen-bond donors (Lipinski definition) is 1. The molecule has 2 aliphatic heterocycles. The zero-order valence-corrected chi connectivity index (χ0v) is 19.7. The number of carbonyl (C=O) groups excluding carboxylic acids is 1. The van der Waals surface area contributed by atoms with Gasteiger partial charge in [-0.25, -0.2) is 8.42 Å². The number of benzene rings is 2. The van der Waals surface area contributed by atoms with Crippen molar-refractivity contribution in [1.29, 1.82) is 0 Å². The normalized spacial score (nSPS) is 18.7. The fourth-order valence-corrected chi connectivity index (χ4v) is 5.43.